The van der Waals surface area contributed by atoms with Crippen molar-refractivity contribution in [2.75, 3.05) is 24.5 Å². The quantitative estimate of drug-likeness (QED) is 0.763. The van der Waals surface area contributed by atoms with Gasteiger partial charge in [-0.15, -0.1) is 0 Å². The summed E-state index contributed by atoms with van der Waals surface area (Å²) in [6.07, 6.45) is 6.37. The number of fused-ring (bicyclic) bond motifs is 2. The Morgan fingerprint density at radius 2 is 1.69 bits per heavy atom. The van der Waals surface area contributed by atoms with Gasteiger partial charge in [0.1, 0.15) is 11.9 Å². The van der Waals surface area contributed by atoms with Crippen molar-refractivity contribution in [3.63, 3.8) is 0 Å². The van der Waals surface area contributed by atoms with Crippen LogP contribution in [-0.2, 0) is 10.3 Å². The molecule has 32 heavy (non-hydrogen) atoms. The van der Waals surface area contributed by atoms with E-state index < -0.39 is 0 Å². The van der Waals surface area contributed by atoms with E-state index in [1.54, 1.807) is 6.20 Å². The number of hydrogen-bond acceptors (Lipinski definition) is 6. The molecule has 1 amide bonds. The van der Waals surface area contributed by atoms with E-state index in [1.165, 1.54) is 5.56 Å². The molecule has 0 spiro atoms. The molecule has 162 valence electrons. The van der Waals surface area contributed by atoms with Crippen LogP contribution in [0.2, 0.25) is 0 Å². The number of nitriles is 2. The van der Waals surface area contributed by atoms with Crippen LogP contribution in [0.25, 0.3) is 0 Å². The van der Waals surface area contributed by atoms with Crippen molar-refractivity contribution in [3.05, 3.63) is 59.3 Å². The van der Waals surface area contributed by atoms with Gasteiger partial charge in [0.05, 0.1) is 17.2 Å². The van der Waals surface area contributed by atoms with Crippen LogP contribution < -0.4 is 10.2 Å². The summed E-state index contributed by atoms with van der Waals surface area (Å²) in [5.74, 6) is 1.11. The number of benzene rings is 1. The number of pyridine rings is 1. The van der Waals surface area contributed by atoms with Crippen LogP contribution in [0, 0.1) is 22.7 Å². The van der Waals surface area contributed by atoms with Crippen molar-refractivity contribution in [2.24, 2.45) is 0 Å². The normalized spacial score (nSPS) is 22.8. The number of carbonyl (C=O) groups excluding carboxylic acids is 1. The number of rotatable bonds is 6. The minimum absolute atomic E-state index is 0.0345. The molecule has 1 saturated carbocycles. The van der Waals surface area contributed by atoms with E-state index in [4.69, 9.17) is 10.5 Å². The molecule has 1 aliphatic carbocycles. The second kappa shape index (κ2) is 8.26. The molecule has 2 atom stereocenters. The molecule has 2 unspecified atom stereocenters. The van der Waals surface area contributed by atoms with Crippen molar-refractivity contribution in [2.45, 2.75) is 49.7 Å². The lowest BCUT2D eigenvalue weighted by atomic mass is 10.0. The van der Waals surface area contributed by atoms with Crippen LogP contribution >= 0.6 is 0 Å². The largest absolute Gasteiger partial charge is 0.347 e. The van der Waals surface area contributed by atoms with Gasteiger partial charge >= 0.3 is 0 Å². The van der Waals surface area contributed by atoms with Crippen LogP contribution in [0.1, 0.15) is 48.8 Å². The lowest BCUT2D eigenvalue weighted by Crippen LogP contribution is -2.56. The lowest BCUT2D eigenvalue weighted by Gasteiger charge is -2.42. The SMILES string of the molecule is N#Cc1ccc(C2(NCCC(=O)N3CC4CCC(C3)N4c3ccc(C#N)cn3)CC2)cc1. The van der Waals surface area contributed by atoms with Gasteiger partial charge < -0.3 is 15.1 Å². The summed E-state index contributed by atoms with van der Waals surface area (Å²) >= 11 is 0. The number of anilines is 1. The number of nitrogens with one attached hydrogen (secondary N) is 1. The summed E-state index contributed by atoms with van der Waals surface area (Å²) in [4.78, 5) is 21.8. The van der Waals surface area contributed by atoms with Gasteiger partial charge in [0.25, 0.3) is 0 Å². The molecule has 7 nitrogen and oxygen atoms in total. The molecule has 2 aliphatic heterocycles. The van der Waals surface area contributed by atoms with Gasteiger partial charge in [0, 0.05) is 49.9 Å². The summed E-state index contributed by atoms with van der Waals surface area (Å²) in [6, 6.07) is 16.4. The van der Waals surface area contributed by atoms with Gasteiger partial charge in [-0.3, -0.25) is 4.79 Å². The van der Waals surface area contributed by atoms with Crippen LogP contribution in [0.3, 0.4) is 0 Å². The van der Waals surface area contributed by atoms with E-state index in [0.29, 0.717) is 36.2 Å². The van der Waals surface area contributed by atoms with E-state index in [0.717, 1.165) is 44.6 Å². The van der Waals surface area contributed by atoms with E-state index in [2.05, 4.69) is 27.3 Å². The monoisotopic (exact) mass is 426 g/mol. The Bertz CT molecular complexity index is 1060. The molecule has 2 saturated heterocycles. The fraction of sp³-hybridized carbons (Fsp3) is 0.440. The number of likely N-dealkylation sites (tertiary alicyclic amines) is 1. The van der Waals surface area contributed by atoms with E-state index in [9.17, 15) is 4.79 Å². The zero-order valence-corrected chi connectivity index (χ0v) is 18.0. The topological polar surface area (TPSA) is 96.0 Å². The molecule has 1 aromatic carbocycles. The van der Waals surface area contributed by atoms with Crippen molar-refractivity contribution < 1.29 is 4.79 Å². The predicted molar refractivity (Wildman–Crippen MR) is 120 cm³/mol. The molecule has 5 rings (SSSR count). The van der Waals surface area contributed by atoms with Crippen LogP contribution in [-0.4, -0.2) is 47.5 Å². The predicted octanol–water partition coefficient (Wildman–Crippen LogP) is 2.67. The number of carbonyl (C=O) groups is 1. The standard InChI is InChI=1S/C25H26N6O/c26-13-18-1-4-20(5-2-18)25(10-11-25)29-12-9-24(32)30-16-21-6-7-22(17-30)31(21)23-8-3-19(14-27)15-28-23/h1-5,8,15,21-22,29H,6-7,9-12,16-17H2. The Kier molecular flexibility index (Phi) is 5.28. The minimum atomic E-state index is -0.0345. The second-order valence-corrected chi connectivity index (χ2v) is 9.06. The van der Waals surface area contributed by atoms with Gasteiger partial charge in [0.15, 0.2) is 0 Å². The highest BCUT2D eigenvalue weighted by Crippen LogP contribution is 2.45. The average molecular weight is 427 g/mol. The maximum atomic E-state index is 12.9. The fourth-order valence-corrected chi connectivity index (χ4v) is 5.21. The first-order valence-corrected chi connectivity index (χ1v) is 11.3. The molecule has 2 bridgehead atoms. The first-order valence-electron chi connectivity index (χ1n) is 11.3. The smallest absolute Gasteiger partial charge is 0.223 e. The summed E-state index contributed by atoms with van der Waals surface area (Å²) in [7, 11) is 0. The van der Waals surface area contributed by atoms with Gasteiger partial charge in [-0.25, -0.2) is 4.98 Å². The highest BCUT2D eigenvalue weighted by Gasteiger charge is 2.44. The van der Waals surface area contributed by atoms with Crippen LogP contribution in [0.5, 0.6) is 0 Å². The Labute approximate surface area is 188 Å². The van der Waals surface area contributed by atoms with E-state index >= 15 is 0 Å². The third-order valence-corrected chi connectivity index (χ3v) is 7.10. The maximum absolute atomic E-state index is 12.9. The molecule has 3 heterocycles. The van der Waals surface area contributed by atoms with E-state index in [1.807, 2.05) is 41.3 Å². The third-order valence-electron chi connectivity index (χ3n) is 7.10. The van der Waals surface area contributed by atoms with Crippen molar-refractivity contribution in [1.82, 2.24) is 15.2 Å². The molecule has 2 aromatic rings. The number of nitrogens with zero attached hydrogens (tertiary/aromatic N) is 5. The zero-order chi connectivity index (χ0) is 22.1. The lowest BCUT2D eigenvalue weighted by molar-refractivity contribution is -0.132. The van der Waals surface area contributed by atoms with Gasteiger partial charge in [-0.2, -0.15) is 10.5 Å². The summed E-state index contributed by atoms with van der Waals surface area (Å²) in [6.45, 7) is 2.13. The molecular formula is C25H26N6O. The average Bonchev–Trinajstić information content (AvgIpc) is 3.58. The maximum Gasteiger partial charge on any atom is 0.223 e. The Hall–Kier alpha value is -3.42. The first kappa shape index (κ1) is 20.5. The van der Waals surface area contributed by atoms with Crippen molar-refractivity contribution in [3.8, 4) is 12.1 Å². The summed E-state index contributed by atoms with van der Waals surface area (Å²) < 4.78 is 0. The molecule has 3 aliphatic rings. The van der Waals surface area contributed by atoms with Crippen molar-refractivity contribution in [1.29, 1.82) is 10.5 Å². The minimum Gasteiger partial charge on any atom is -0.347 e. The molecule has 1 N–H and O–H groups in total. The van der Waals surface area contributed by atoms with Gasteiger partial charge in [-0.1, -0.05) is 12.1 Å². The number of piperazine rings is 1. The zero-order valence-electron chi connectivity index (χ0n) is 18.0. The van der Waals surface area contributed by atoms with Gasteiger partial charge in [-0.05, 0) is 55.5 Å². The van der Waals surface area contributed by atoms with Crippen molar-refractivity contribution >= 4 is 11.7 Å². The highest BCUT2D eigenvalue weighted by atomic mass is 16.2. The second-order valence-electron chi connectivity index (χ2n) is 9.06. The highest BCUT2D eigenvalue weighted by molar-refractivity contribution is 5.77. The Balaban J connectivity index is 1.15. The third kappa shape index (κ3) is 3.81. The first-order chi connectivity index (χ1) is 15.6. The van der Waals surface area contributed by atoms with Gasteiger partial charge in [0.2, 0.25) is 5.91 Å². The summed E-state index contributed by atoms with van der Waals surface area (Å²) in [5, 5.41) is 21.6. The molecule has 7 heteroatoms. The fourth-order valence-electron chi connectivity index (χ4n) is 5.21. The Morgan fingerprint density at radius 3 is 2.25 bits per heavy atom. The number of amides is 1. The van der Waals surface area contributed by atoms with Crippen LogP contribution in [0.15, 0.2) is 42.6 Å². The van der Waals surface area contributed by atoms with Crippen LogP contribution in [0.4, 0.5) is 5.82 Å². The molecule has 1 aromatic heterocycles. The summed E-state index contributed by atoms with van der Waals surface area (Å²) in [5.41, 5.74) is 2.40. The Morgan fingerprint density at radius 1 is 1.03 bits per heavy atom. The molecular weight excluding hydrogens is 400 g/mol. The molecule has 3 fully saturated rings. The number of hydrogen-bond donors (Lipinski definition) is 1. The number of aromatic nitrogens is 1. The molecule has 0 radical (unpaired) electrons. The van der Waals surface area contributed by atoms with E-state index in [-0.39, 0.29) is 11.4 Å².